The Bertz CT molecular complexity index is 516. The topological polar surface area (TPSA) is 63.7 Å². The standard InChI is InChI=1S/C9H7ClN4OS/c10-5-3-6(9-11-13-14-12-9)8-7(4-5)16-2-1-15-8/h3-4H,1-2H2,(H,11,12,13,14). The van der Waals surface area contributed by atoms with E-state index in [-0.39, 0.29) is 0 Å². The number of thioether (sulfide) groups is 1. The number of nitrogens with zero attached hydrogens (tertiary/aromatic N) is 3. The van der Waals surface area contributed by atoms with Gasteiger partial charge in [0.05, 0.1) is 17.1 Å². The number of hydrogen-bond donors (Lipinski definition) is 1. The fraction of sp³-hybridized carbons (Fsp3) is 0.222. The maximum atomic E-state index is 6.04. The van der Waals surface area contributed by atoms with Crippen LogP contribution in [0.15, 0.2) is 17.0 Å². The Kier molecular flexibility index (Phi) is 2.45. The summed E-state index contributed by atoms with van der Waals surface area (Å²) in [5, 5.41) is 14.5. The number of aromatic nitrogens is 4. The highest BCUT2D eigenvalue weighted by molar-refractivity contribution is 7.99. The first kappa shape index (κ1) is 9.92. The lowest BCUT2D eigenvalue weighted by atomic mass is 10.2. The van der Waals surface area contributed by atoms with Crippen LogP contribution in [0.2, 0.25) is 5.02 Å². The van der Waals surface area contributed by atoms with Gasteiger partial charge in [-0.1, -0.05) is 11.6 Å². The Morgan fingerprint density at radius 3 is 3.19 bits per heavy atom. The Morgan fingerprint density at radius 1 is 1.44 bits per heavy atom. The van der Waals surface area contributed by atoms with Crippen LogP contribution in [-0.2, 0) is 0 Å². The molecule has 0 saturated carbocycles. The molecule has 3 rings (SSSR count). The molecule has 1 aliphatic rings. The maximum absolute atomic E-state index is 6.04. The van der Waals surface area contributed by atoms with Crippen LogP contribution in [0.3, 0.4) is 0 Å². The van der Waals surface area contributed by atoms with Crippen LogP contribution in [-0.4, -0.2) is 33.0 Å². The lowest BCUT2D eigenvalue weighted by Crippen LogP contribution is -2.08. The summed E-state index contributed by atoms with van der Waals surface area (Å²) in [6.45, 7) is 0.685. The van der Waals surface area contributed by atoms with Crippen molar-refractivity contribution >= 4 is 23.4 Å². The number of rotatable bonds is 1. The minimum Gasteiger partial charge on any atom is -0.491 e. The van der Waals surface area contributed by atoms with E-state index in [9.17, 15) is 0 Å². The van der Waals surface area contributed by atoms with Crippen LogP contribution in [0.4, 0.5) is 0 Å². The quantitative estimate of drug-likeness (QED) is 0.843. The molecule has 0 unspecified atom stereocenters. The molecule has 2 heterocycles. The highest BCUT2D eigenvalue weighted by Gasteiger charge is 2.19. The molecule has 1 aromatic carbocycles. The van der Waals surface area contributed by atoms with Gasteiger partial charge in [0.1, 0.15) is 5.75 Å². The number of nitrogens with one attached hydrogen (secondary N) is 1. The summed E-state index contributed by atoms with van der Waals surface area (Å²) >= 11 is 7.76. The van der Waals surface area contributed by atoms with Gasteiger partial charge in [-0.05, 0) is 17.3 Å². The average Bonchev–Trinajstić information content (AvgIpc) is 2.81. The first-order valence-corrected chi connectivity index (χ1v) is 6.04. The molecule has 0 aliphatic carbocycles. The third-order valence-electron chi connectivity index (χ3n) is 2.19. The molecule has 1 aromatic heterocycles. The molecule has 0 fully saturated rings. The molecule has 7 heteroatoms. The molecule has 2 aromatic rings. The molecule has 1 aliphatic heterocycles. The van der Waals surface area contributed by atoms with Crippen molar-refractivity contribution < 1.29 is 4.74 Å². The van der Waals surface area contributed by atoms with Crippen LogP contribution < -0.4 is 4.74 Å². The first-order chi connectivity index (χ1) is 7.84. The minimum atomic E-state index is 0.501. The summed E-state index contributed by atoms with van der Waals surface area (Å²) in [6, 6.07) is 3.68. The normalized spacial score (nSPS) is 14.3. The number of halogens is 1. The Labute approximate surface area is 101 Å². The number of tetrazole rings is 1. The van der Waals surface area contributed by atoms with E-state index in [1.165, 1.54) is 0 Å². The second-order valence-corrected chi connectivity index (χ2v) is 4.79. The molecule has 0 spiro atoms. The van der Waals surface area contributed by atoms with Gasteiger partial charge in [0.25, 0.3) is 0 Å². The van der Waals surface area contributed by atoms with Crippen molar-refractivity contribution in [2.75, 3.05) is 12.4 Å². The summed E-state index contributed by atoms with van der Waals surface area (Å²) in [5.41, 5.74) is 0.781. The van der Waals surface area contributed by atoms with E-state index in [1.807, 2.05) is 6.07 Å². The number of aromatic amines is 1. The molecule has 5 nitrogen and oxygen atoms in total. The van der Waals surface area contributed by atoms with Crippen LogP contribution in [0.1, 0.15) is 0 Å². The van der Waals surface area contributed by atoms with Gasteiger partial charge in [-0.25, -0.2) is 0 Å². The zero-order valence-corrected chi connectivity index (χ0v) is 9.68. The number of hydrogen-bond acceptors (Lipinski definition) is 5. The van der Waals surface area contributed by atoms with Crippen LogP contribution in [0.5, 0.6) is 5.75 Å². The second-order valence-electron chi connectivity index (χ2n) is 3.21. The van der Waals surface area contributed by atoms with Gasteiger partial charge < -0.3 is 4.74 Å². The van der Waals surface area contributed by atoms with E-state index in [1.54, 1.807) is 17.8 Å². The highest BCUT2D eigenvalue weighted by atomic mass is 35.5. The smallest absolute Gasteiger partial charge is 0.208 e. The van der Waals surface area contributed by atoms with Crippen LogP contribution in [0.25, 0.3) is 11.4 Å². The van der Waals surface area contributed by atoms with Gasteiger partial charge in [-0.2, -0.15) is 5.21 Å². The van der Waals surface area contributed by atoms with E-state index in [2.05, 4.69) is 20.6 Å². The van der Waals surface area contributed by atoms with E-state index in [0.29, 0.717) is 17.5 Å². The molecule has 0 amide bonds. The minimum absolute atomic E-state index is 0.501. The molecule has 0 saturated heterocycles. The fourth-order valence-electron chi connectivity index (χ4n) is 1.56. The fourth-order valence-corrected chi connectivity index (χ4v) is 2.74. The monoisotopic (exact) mass is 254 g/mol. The molecule has 0 atom stereocenters. The molecular weight excluding hydrogens is 248 g/mol. The van der Waals surface area contributed by atoms with Gasteiger partial charge in [0, 0.05) is 10.8 Å². The Balaban J connectivity index is 2.20. The molecule has 82 valence electrons. The predicted octanol–water partition coefficient (Wildman–Crippen LogP) is 2.00. The molecule has 16 heavy (non-hydrogen) atoms. The molecule has 0 bridgehead atoms. The van der Waals surface area contributed by atoms with Crippen molar-refractivity contribution in [2.24, 2.45) is 0 Å². The number of benzene rings is 1. The van der Waals surface area contributed by atoms with E-state index < -0.39 is 0 Å². The third-order valence-corrected chi connectivity index (χ3v) is 3.40. The molecular formula is C9H7ClN4OS. The lowest BCUT2D eigenvalue weighted by Gasteiger charge is -2.18. The summed E-state index contributed by atoms with van der Waals surface area (Å²) < 4.78 is 5.63. The molecule has 0 radical (unpaired) electrons. The summed E-state index contributed by atoms with van der Waals surface area (Å²) in [6.07, 6.45) is 0. The summed E-state index contributed by atoms with van der Waals surface area (Å²) in [5.74, 6) is 2.22. The van der Waals surface area contributed by atoms with Gasteiger partial charge in [-0.15, -0.1) is 22.0 Å². The second kappa shape index (κ2) is 3.95. The maximum Gasteiger partial charge on any atom is 0.208 e. The predicted molar refractivity (Wildman–Crippen MR) is 60.8 cm³/mol. The lowest BCUT2D eigenvalue weighted by molar-refractivity contribution is 0.331. The number of fused-ring (bicyclic) bond motifs is 1. The third kappa shape index (κ3) is 1.64. The van der Waals surface area contributed by atoms with Gasteiger partial charge >= 0.3 is 0 Å². The van der Waals surface area contributed by atoms with Crippen molar-refractivity contribution in [3.63, 3.8) is 0 Å². The SMILES string of the molecule is Clc1cc2c(c(-c3nn[nH]n3)c1)OCCS2. The van der Waals surface area contributed by atoms with Gasteiger partial charge in [0.15, 0.2) is 0 Å². The Morgan fingerprint density at radius 2 is 2.38 bits per heavy atom. The number of ether oxygens (including phenoxy) is 1. The number of H-pyrrole nitrogens is 1. The first-order valence-electron chi connectivity index (χ1n) is 4.67. The largest absolute Gasteiger partial charge is 0.491 e. The van der Waals surface area contributed by atoms with Crippen molar-refractivity contribution in [1.29, 1.82) is 0 Å². The van der Waals surface area contributed by atoms with Crippen molar-refractivity contribution in [3.05, 3.63) is 17.2 Å². The average molecular weight is 255 g/mol. The summed E-state index contributed by atoms with van der Waals surface area (Å²) in [4.78, 5) is 1.03. The van der Waals surface area contributed by atoms with Crippen LogP contribution >= 0.6 is 23.4 Å². The molecule has 1 N–H and O–H groups in total. The van der Waals surface area contributed by atoms with Gasteiger partial charge in [0.2, 0.25) is 5.82 Å². The van der Waals surface area contributed by atoms with Crippen LogP contribution in [0, 0.1) is 0 Å². The van der Waals surface area contributed by atoms with E-state index >= 15 is 0 Å². The zero-order valence-electron chi connectivity index (χ0n) is 8.11. The van der Waals surface area contributed by atoms with E-state index in [4.69, 9.17) is 16.3 Å². The zero-order chi connectivity index (χ0) is 11.0. The Hall–Kier alpha value is -1.27. The van der Waals surface area contributed by atoms with Crippen molar-refractivity contribution in [2.45, 2.75) is 4.90 Å². The van der Waals surface area contributed by atoms with E-state index in [0.717, 1.165) is 22.0 Å². The van der Waals surface area contributed by atoms with Crippen molar-refractivity contribution in [3.8, 4) is 17.1 Å². The summed E-state index contributed by atoms with van der Waals surface area (Å²) in [7, 11) is 0. The van der Waals surface area contributed by atoms with Crippen molar-refractivity contribution in [1.82, 2.24) is 20.6 Å². The van der Waals surface area contributed by atoms with Gasteiger partial charge in [-0.3, -0.25) is 0 Å². The highest BCUT2D eigenvalue weighted by Crippen LogP contribution is 2.41.